The maximum absolute atomic E-state index is 12.9. The highest BCUT2D eigenvalue weighted by Gasteiger charge is 2.19. The molecule has 3 rings (SSSR count). The smallest absolute Gasteiger partial charge is 0.315 e. The molecule has 0 amide bonds. The van der Waals surface area contributed by atoms with E-state index < -0.39 is 11.9 Å². The average Bonchev–Trinajstić information content (AvgIpc) is 2.78. The number of ether oxygens (including phenoxy) is 2. The number of hydrogen-bond acceptors (Lipinski definition) is 6. The molecule has 0 aromatic heterocycles. The first-order valence-electron chi connectivity index (χ1n) is 9.51. The van der Waals surface area contributed by atoms with Crippen molar-refractivity contribution < 1.29 is 24.2 Å². The lowest BCUT2D eigenvalue weighted by Crippen LogP contribution is -2.25. The number of aromatic hydroxyl groups is 1. The summed E-state index contributed by atoms with van der Waals surface area (Å²) < 4.78 is 10.4. The molecule has 0 saturated carbocycles. The predicted molar refractivity (Wildman–Crippen MR) is 114 cm³/mol. The van der Waals surface area contributed by atoms with Crippen LogP contribution < -0.4 is 14.8 Å². The molecular weight excluding hydrogens is 382 g/mol. The molecular formula is C24H23NO5. The van der Waals surface area contributed by atoms with Crippen molar-refractivity contribution >= 4 is 17.4 Å². The molecule has 0 fully saturated rings. The van der Waals surface area contributed by atoms with Crippen LogP contribution in [-0.4, -0.2) is 30.5 Å². The molecule has 0 spiro atoms. The van der Waals surface area contributed by atoms with Crippen LogP contribution in [0.3, 0.4) is 0 Å². The number of hydrogen-bond donors (Lipinski definition) is 2. The minimum Gasteiger partial charge on any atom is -0.504 e. The van der Waals surface area contributed by atoms with Crippen molar-refractivity contribution in [3.63, 3.8) is 0 Å². The van der Waals surface area contributed by atoms with Crippen molar-refractivity contribution in [1.29, 1.82) is 0 Å². The number of carbonyl (C=O) groups excluding carboxylic acids is 2. The molecule has 154 valence electrons. The van der Waals surface area contributed by atoms with E-state index in [9.17, 15) is 14.7 Å². The number of benzene rings is 3. The highest BCUT2D eigenvalue weighted by atomic mass is 16.5. The van der Waals surface area contributed by atoms with Gasteiger partial charge in [0.15, 0.2) is 17.3 Å². The van der Waals surface area contributed by atoms with Crippen LogP contribution in [-0.2, 0) is 4.79 Å². The predicted octanol–water partition coefficient (Wildman–Crippen LogP) is 4.29. The summed E-state index contributed by atoms with van der Waals surface area (Å²) in [6.07, 6.45) is 0. The molecule has 0 heterocycles. The maximum atomic E-state index is 12.9. The van der Waals surface area contributed by atoms with Gasteiger partial charge in [-0.1, -0.05) is 31.2 Å². The fourth-order valence-electron chi connectivity index (χ4n) is 2.83. The van der Waals surface area contributed by atoms with Crippen molar-refractivity contribution in [2.75, 3.05) is 19.0 Å². The third-order valence-corrected chi connectivity index (χ3v) is 4.60. The van der Waals surface area contributed by atoms with Crippen LogP contribution in [0.5, 0.6) is 17.2 Å². The topological polar surface area (TPSA) is 84.9 Å². The molecule has 0 aliphatic heterocycles. The van der Waals surface area contributed by atoms with Crippen LogP contribution in [0.1, 0.15) is 22.8 Å². The number of anilines is 1. The van der Waals surface area contributed by atoms with E-state index in [1.165, 1.54) is 12.1 Å². The van der Waals surface area contributed by atoms with Gasteiger partial charge in [-0.15, -0.1) is 0 Å². The quantitative estimate of drug-likeness (QED) is 0.330. The molecule has 3 aromatic rings. The van der Waals surface area contributed by atoms with Gasteiger partial charge in [-0.05, 0) is 48.5 Å². The Balaban J connectivity index is 1.67. The van der Waals surface area contributed by atoms with Crippen LogP contribution in [0.4, 0.5) is 5.69 Å². The Morgan fingerprint density at radius 3 is 2.33 bits per heavy atom. The highest BCUT2D eigenvalue weighted by Crippen LogP contribution is 2.26. The number of rotatable bonds is 8. The zero-order chi connectivity index (χ0) is 21.5. The molecule has 6 heteroatoms. The molecule has 3 aromatic carbocycles. The highest BCUT2D eigenvalue weighted by molar-refractivity contribution is 6.12. The minimum absolute atomic E-state index is 0.0959. The summed E-state index contributed by atoms with van der Waals surface area (Å²) in [6.45, 7) is 1.97. The number of carbonyl (C=O) groups is 2. The molecule has 1 atom stereocenters. The SMILES string of the molecule is COc1ccc(C(=O)c2ccccc2NCC(C)C(=O)Oc2ccccc2O)cc1. The first kappa shape index (κ1) is 20.9. The Kier molecular flexibility index (Phi) is 6.70. The van der Waals surface area contributed by atoms with Gasteiger partial charge in [-0.2, -0.15) is 0 Å². The van der Waals surface area contributed by atoms with Gasteiger partial charge < -0.3 is 19.9 Å². The van der Waals surface area contributed by atoms with E-state index in [1.807, 2.05) is 6.07 Å². The minimum atomic E-state index is -0.506. The van der Waals surface area contributed by atoms with Gasteiger partial charge in [0, 0.05) is 23.4 Å². The van der Waals surface area contributed by atoms with E-state index >= 15 is 0 Å². The Labute approximate surface area is 175 Å². The number of ketones is 1. The normalized spacial score (nSPS) is 11.4. The first-order valence-corrected chi connectivity index (χ1v) is 9.51. The number of nitrogens with one attached hydrogen (secondary N) is 1. The number of phenolic OH excluding ortho intramolecular Hbond substituents is 1. The van der Waals surface area contributed by atoms with Crippen molar-refractivity contribution in [2.24, 2.45) is 5.92 Å². The van der Waals surface area contributed by atoms with Crippen molar-refractivity contribution in [3.8, 4) is 17.2 Å². The van der Waals surface area contributed by atoms with Gasteiger partial charge >= 0.3 is 5.97 Å². The average molecular weight is 405 g/mol. The van der Waals surface area contributed by atoms with Crippen LogP contribution in [0, 0.1) is 5.92 Å². The summed E-state index contributed by atoms with van der Waals surface area (Å²) >= 11 is 0. The summed E-state index contributed by atoms with van der Waals surface area (Å²) in [7, 11) is 1.57. The van der Waals surface area contributed by atoms with Crippen LogP contribution in [0.2, 0.25) is 0 Å². The van der Waals surface area contributed by atoms with E-state index in [-0.39, 0.29) is 23.8 Å². The maximum Gasteiger partial charge on any atom is 0.315 e. The van der Waals surface area contributed by atoms with Gasteiger partial charge in [0.25, 0.3) is 0 Å². The van der Waals surface area contributed by atoms with E-state index in [0.717, 1.165) is 0 Å². The fourth-order valence-corrected chi connectivity index (χ4v) is 2.83. The second kappa shape index (κ2) is 9.60. The van der Waals surface area contributed by atoms with Crippen LogP contribution >= 0.6 is 0 Å². The molecule has 0 saturated heterocycles. The summed E-state index contributed by atoms with van der Waals surface area (Å²) in [5, 5.41) is 12.9. The lowest BCUT2D eigenvalue weighted by Gasteiger charge is -2.15. The summed E-state index contributed by atoms with van der Waals surface area (Å²) in [4.78, 5) is 25.3. The number of esters is 1. The van der Waals surface area contributed by atoms with E-state index in [0.29, 0.717) is 22.6 Å². The Morgan fingerprint density at radius 2 is 1.63 bits per heavy atom. The number of methoxy groups -OCH3 is 1. The van der Waals surface area contributed by atoms with Gasteiger partial charge in [0.2, 0.25) is 0 Å². The largest absolute Gasteiger partial charge is 0.504 e. The Morgan fingerprint density at radius 1 is 0.967 bits per heavy atom. The molecule has 0 radical (unpaired) electrons. The Bertz CT molecular complexity index is 1030. The monoisotopic (exact) mass is 405 g/mol. The van der Waals surface area contributed by atoms with Gasteiger partial charge in [-0.25, -0.2) is 0 Å². The van der Waals surface area contributed by atoms with Gasteiger partial charge in [0.1, 0.15) is 5.75 Å². The summed E-state index contributed by atoms with van der Waals surface area (Å²) in [5.74, 6) is -0.428. The van der Waals surface area contributed by atoms with Crippen molar-refractivity contribution in [2.45, 2.75) is 6.92 Å². The van der Waals surface area contributed by atoms with Gasteiger partial charge in [-0.3, -0.25) is 9.59 Å². The number of para-hydroxylation sites is 3. The van der Waals surface area contributed by atoms with E-state index in [1.54, 1.807) is 68.6 Å². The molecule has 0 aliphatic rings. The van der Waals surface area contributed by atoms with E-state index in [2.05, 4.69) is 5.32 Å². The standard InChI is InChI=1S/C24H23NO5/c1-16(24(28)30-22-10-6-5-9-21(22)26)15-25-20-8-4-3-7-19(20)23(27)17-11-13-18(29-2)14-12-17/h3-14,16,25-26H,15H2,1-2H3. The van der Waals surface area contributed by atoms with Crippen molar-refractivity contribution in [3.05, 3.63) is 83.9 Å². The first-order chi connectivity index (χ1) is 14.5. The Hall–Kier alpha value is -3.80. The molecule has 1 unspecified atom stereocenters. The second-order valence-corrected chi connectivity index (χ2v) is 6.77. The molecule has 0 aliphatic carbocycles. The molecule has 6 nitrogen and oxygen atoms in total. The van der Waals surface area contributed by atoms with E-state index in [4.69, 9.17) is 9.47 Å². The molecule has 2 N–H and O–H groups in total. The lowest BCUT2D eigenvalue weighted by atomic mass is 10.0. The summed E-state index contributed by atoms with van der Waals surface area (Å²) in [6, 6.07) is 20.3. The third-order valence-electron chi connectivity index (χ3n) is 4.60. The summed E-state index contributed by atoms with van der Waals surface area (Å²) in [5.41, 5.74) is 1.67. The van der Waals surface area contributed by atoms with Crippen LogP contribution in [0.15, 0.2) is 72.8 Å². The number of phenols is 1. The zero-order valence-electron chi connectivity index (χ0n) is 16.8. The second-order valence-electron chi connectivity index (χ2n) is 6.77. The lowest BCUT2D eigenvalue weighted by molar-refractivity contribution is -0.138. The molecule has 0 bridgehead atoms. The van der Waals surface area contributed by atoms with Crippen LogP contribution in [0.25, 0.3) is 0 Å². The third kappa shape index (κ3) is 4.97. The van der Waals surface area contributed by atoms with Crippen molar-refractivity contribution in [1.82, 2.24) is 0 Å². The molecule has 30 heavy (non-hydrogen) atoms. The zero-order valence-corrected chi connectivity index (χ0v) is 16.8. The van der Waals surface area contributed by atoms with Gasteiger partial charge in [0.05, 0.1) is 13.0 Å². The fraction of sp³-hybridized carbons (Fsp3) is 0.167.